The molecule has 0 unspecified atom stereocenters. The van der Waals surface area contributed by atoms with E-state index in [1.165, 1.54) is 14.0 Å². The molecule has 1 aromatic carbocycles. The average molecular weight is 365 g/mol. The number of hydrogen-bond donors (Lipinski definition) is 3. The predicted molar refractivity (Wildman–Crippen MR) is 92.7 cm³/mol. The number of amides is 4. The van der Waals surface area contributed by atoms with Gasteiger partial charge < -0.3 is 20.1 Å². The summed E-state index contributed by atoms with van der Waals surface area (Å²) in [7, 11) is 1.43. The Bertz CT molecular complexity index is 674. The second kappa shape index (κ2) is 10.0. The van der Waals surface area contributed by atoms with Crippen LogP contribution in [0.25, 0.3) is 0 Å². The number of imide groups is 1. The van der Waals surface area contributed by atoms with E-state index in [1.807, 2.05) is 0 Å². The maximum Gasteiger partial charge on any atom is 0.326 e. The first-order valence-electron chi connectivity index (χ1n) is 7.96. The lowest BCUT2D eigenvalue weighted by atomic mass is 10.2. The number of urea groups is 1. The van der Waals surface area contributed by atoms with Gasteiger partial charge in [0, 0.05) is 6.04 Å². The third kappa shape index (κ3) is 6.80. The van der Waals surface area contributed by atoms with Gasteiger partial charge in [-0.25, -0.2) is 4.79 Å². The molecule has 0 aliphatic carbocycles. The van der Waals surface area contributed by atoms with Gasteiger partial charge in [0.05, 0.1) is 12.7 Å². The van der Waals surface area contributed by atoms with Gasteiger partial charge in [0.25, 0.3) is 11.8 Å². The molecule has 0 heterocycles. The summed E-state index contributed by atoms with van der Waals surface area (Å²) in [6, 6.07) is 5.69. The molecule has 3 N–H and O–H groups in total. The fourth-order valence-corrected chi connectivity index (χ4v) is 1.88. The monoisotopic (exact) mass is 365 g/mol. The number of nitrogens with one attached hydrogen (secondary N) is 3. The van der Waals surface area contributed by atoms with E-state index in [0.717, 1.165) is 0 Å². The van der Waals surface area contributed by atoms with Crippen LogP contribution in [0.3, 0.4) is 0 Å². The first-order valence-corrected chi connectivity index (χ1v) is 7.96. The fourth-order valence-electron chi connectivity index (χ4n) is 1.88. The van der Waals surface area contributed by atoms with Crippen molar-refractivity contribution in [1.82, 2.24) is 16.0 Å². The fraction of sp³-hybridized carbons (Fsp3) is 0.412. The van der Waals surface area contributed by atoms with Gasteiger partial charge in [-0.3, -0.25) is 19.7 Å². The normalized spacial score (nSPS) is 11.3. The van der Waals surface area contributed by atoms with Crippen LogP contribution in [0.2, 0.25) is 0 Å². The molecule has 0 saturated carbocycles. The van der Waals surface area contributed by atoms with Crippen molar-refractivity contribution in [2.45, 2.75) is 32.9 Å². The van der Waals surface area contributed by atoms with E-state index in [-0.39, 0.29) is 11.6 Å². The van der Waals surface area contributed by atoms with Crippen molar-refractivity contribution < 1.29 is 28.7 Å². The maximum absolute atomic E-state index is 12.1. The van der Waals surface area contributed by atoms with Crippen LogP contribution in [0.5, 0.6) is 5.75 Å². The highest BCUT2D eigenvalue weighted by Crippen LogP contribution is 2.16. The van der Waals surface area contributed by atoms with E-state index < -0.39 is 36.5 Å². The van der Waals surface area contributed by atoms with Crippen molar-refractivity contribution >= 4 is 23.8 Å². The van der Waals surface area contributed by atoms with Crippen LogP contribution >= 0.6 is 0 Å². The van der Waals surface area contributed by atoms with Crippen LogP contribution in [0, 0.1) is 0 Å². The molecule has 0 radical (unpaired) electrons. The Morgan fingerprint density at radius 3 is 2.35 bits per heavy atom. The Balaban J connectivity index is 2.47. The minimum absolute atomic E-state index is 0.147. The molecule has 1 aromatic rings. The van der Waals surface area contributed by atoms with Gasteiger partial charge in [-0.05, 0) is 32.9 Å². The zero-order valence-electron chi connectivity index (χ0n) is 15.1. The molecule has 26 heavy (non-hydrogen) atoms. The quantitative estimate of drug-likeness (QED) is 0.608. The molecule has 0 spiro atoms. The van der Waals surface area contributed by atoms with Crippen molar-refractivity contribution in [3.05, 3.63) is 29.8 Å². The van der Waals surface area contributed by atoms with E-state index >= 15 is 0 Å². The molecule has 142 valence electrons. The topological polar surface area (TPSA) is 123 Å². The Labute approximate surface area is 151 Å². The zero-order chi connectivity index (χ0) is 19.7. The van der Waals surface area contributed by atoms with Gasteiger partial charge in [-0.15, -0.1) is 0 Å². The van der Waals surface area contributed by atoms with Crippen LogP contribution < -0.4 is 20.7 Å². The lowest BCUT2D eigenvalue weighted by Crippen LogP contribution is -2.47. The van der Waals surface area contributed by atoms with Crippen LogP contribution in [0.15, 0.2) is 24.3 Å². The van der Waals surface area contributed by atoms with Crippen molar-refractivity contribution in [3.63, 3.8) is 0 Å². The molecule has 0 bridgehead atoms. The first-order chi connectivity index (χ1) is 12.2. The van der Waals surface area contributed by atoms with Gasteiger partial charge in [0.15, 0.2) is 6.10 Å². The van der Waals surface area contributed by atoms with Gasteiger partial charge in [-0.1, -0.05) is 12.1 Å². The second-order valence-corrected chi connectivity index (χ2v) is 5.63. The van der Waals surface area contributed by atoms with Gasteiger partial charge in [0.1, 0.15) is 12.3 Å². The standard InChI is InChI=1S/C17H23N3O6/c1-10(2)19-17(24)20-15(22)11(3)26-14(21)9-18-16(23)12-7-5-6-8-13(12)25-4/h5-8,10-11H,9H2,1-4H3,(H,18,23)(H2,19,20,22,24)/t11-/m0/s1. The number of hydrogen-bond acceptors (Lipinski definition) is 6. The minimum Gasteiger partial charge on any atom is -0.496 e. The summed E-state index contributed by atoms with van der Waals surface area (Å²) in [6.45, 7) is 4.35. The number of benzene rings is 1. The third-order valence-electron chi connectivity index (χ3n) is 3.08. The molecule has 1 atom stereocenters. The number of methoxy groups -OCH3 is 1. The molecular formula is C17H23N3O6. The van der Waals surface area contributed by atoms with Crippen molar-refractivity contribution in [2.75, 3.05) is 13.7 Å². The highest BCUT2D eigenvalue weighted by molar-refractivity contribution is 5.99. The largest absolute Gasteiger partial charge is 0.496 e. The Hall–Kier alpha value is -3.10. The van der Waals surface area contributed by atoms with Gasteiger partial charge in [0.2, 0.25) is 0 Å². The SMILES string of the molecule is COc1ccccc1C(=O)NCC(=O)O[C@@H](C)C(=O)NC(=O)NC(C)C. The number of ether oxygens (including phenoxy) is 2. The van der Waals surface area contributed by atoms with E-state index in [4.69, 9.17) is 9.47 Å². The highest BCUT2D eigenvalue weighted by atomic mass is 16.5. The Morgan fingerprint density at radius 1 is 1.08 bits per heavy atom. The van der Waals surface area contributed by atoms with Crippen molar-refractivity contribution in [1.29, 1.82) is 0 Å². The van der Waals surface area contributed by atoms with Crippen molar-refractivity contribution in [3.8, 4) is 5.75 Å². The summed E-state index contributed by atoms with van der Waals surface area (Å²) in [5.41, 5.74) is 0.263. The summed E-state index contributed by atoms with van der Waals surface area (Å²) in [6.07, 6.45) is -1.19. The summed E-state index contributed by atoms with van der Waals surface area (Å²) in [5.74, 6) is -1.75. The Kier molecular flexibility index (Phi) is 8.07. The van der Waals surface area contributed by atoms with E-state index in [0.29, 0.717) is 5.75 Å². The molecule has 0 saturated heterocycles. The number of rotatable bonds is 7. The lowest BCUT2D eigenvalue weighted by Gasteiger charge is -2.14. The first kappa shape index (κ1) is 20.9. The second-order valence-electron chi connectivity index (χ2n) is 5.63. The number of para-hydroxylation sites is 1. The smallest absolute Gasteiger partial charge is 0.326 e. The molecule has 4 amide bonds. The highest BCUT2D eigenvalue weighted by Gasteiger charge is 2.21. The molecule has 9 nitrogen and oxygen atoms in total. The molecule has 1 rings (SSSR count). The summed E-state index contributed by atoms with van der Waals surface area (Å²) in [4.78, 5) is 47.0. The van der Waals surface area contributed by atoms with Crippen LogP contribution in [-0.2, 0) is 14.3 Å². The van der Waals surface area contributed by atoms with Gasteiger partial charge >= 0.3 is 12.0 Å². The zero-order valence-corrected chi connectivity index (χ0v) is 15.1. The van der Waals surface area contributed by atoms with E-state index in [1.54, 1.807) is 38.1 Å². The van der Waals surface area contributed by atoms with Gasteiger partial charge in [-0.2, -0.15) is 0 Å². The van der Waals surface area contributed by atoms with E-state index in [2.05, 4.69) is 16.0 Å². The number of carbonyl (C=O) groups excluding carboxylic acids is 4. The van der Waals surface area contributed by atoms with E-state index in [9.17, 15) is 19.2 Å². The predicted octanol–water partition coefficient (Wildman–Crippen LogP) is 0.591. The molecule has 0 fully saturated rings. The summed E-state index contributed by atoms with van der Waals surface area (Å²) < 4.78 is 9.95. The molecular weight excluding hydrogens is 342 g/mol. The average Bonchev–Trinajstić information content (AvgIpc) is 2.58. The van der Waals surface area contributed by atoms with Crippen LogP contribution in [0.1, 0.15) is 31.1 Å². The number of esters is 1. The van der Waals surface area contributed by atoms with Crippen molar-refractivity contribution in [2.24, 2.45) is 0 Å². The Morgan fingerprint density at radius 2 is 1.73 bits per heavy atom. The van der Waals surface area contributed by atoms with Crippen LogP contribution in [-0.4, -0.2) is 49.6 Å². The summed E-state index contributed by atoms with van der Waals surface area (Å²) in [5, 5.41) is 6.90. The summed E-state index contributed by atoms with van der Waals surface area (Å²) >= 11 is 0. The lowest BCUT2D eigenvalue weighted by molar-refractivity contribution is -0.153. The number of carbonyl (C=O) groups is 4. The molecule has 0 aliphatic heterocycles. The molecule has 0 aliphatic rings. The molecule has 9 heteroatoms. The molecule has 0 aromatic heterocycles. The maximum atomic E-state index is 12.1. The third-order valence-corrected chi connectivity index (χ3v) is 3.08. The minimum atomic E-state index is -1.19. The van der Waals surface area contributed by atoms with Crippen LogP contribution in [0.4, 0.5) is 4.79 Å².